The number of ketones is 1. The number of imide groups is 1. The molecule has 111 heavy (non-hydrogen) atoms. The van der Waals surface area contributed by atoms with Gasteiger partial charge in [-0.15, -0.1) is 0 Å². The summed E-state index contributed by atoms with van der Waals surface area (Å²) in [6, 6.07) is 10.6. The van der Waals surface area contributed by atoms with E-state index in [0.29, 0.717) is 152 Å². The predicted molar refractivity (Wildman–Crippen MR) is 393 cm³/mol. The van der Waals surface area contributed by atoms with Crippen LogP contribution in [0.3, 0.4) is 0 Å². The zero-order valence-electron chi connectivity index (χ0n) is 63.0. The van der Waals surface area contributed by atoms with Crippen LogP contribution in [0.15, 0.2) is 59.4 Å². The molecule has 7 N–H and O–H groups in total. The average Bonchev–Trinajstić information content (AvgIpc) is 1.56. The van der Waals surface area contributed by atoms with Crippen molar-refractivity contribution in [2.45, 2.75) is 121 Å². The minimum Gasteiger partial charge on any atom is -0.458 e. The van der Waals surface area contributed by atoms with Crippen molar-refractivity contribution in [3.63, 3.8) is 0 Å². The number of cyclic esters (lactones) is 1. The molecule has 2 saturated carbocycles. The first-order chi connectivity index (χ1) is 53.8. The summed E-state index contributed by atoms with van der Waals surface area (Å²) in [4.78, 5) is 149. The van der Waals surface area contributed by atoms with Gasteiger partial charge in [0, 0.05) is 66.6 Å². The lowest BCUT2D eigenvalue weighted by molar-refractivity contribution is -0.172. The number of aromatic nitrogens is 2. The van der Waals surface area contributed by atoms with Gasteiger partial charge in [-0.25, -0.2) is 14.2 Å². The molecule has 3 aliphatic heterocycles. The maximum absolute atomic E-state index is 15.6. The van der Waals surface area contributed by atoms with E-state index in [2.05, 4.69) is 31.9 Å². The highest BCUT2D eigenvalue weighted by Crippen LogP contribution is 2.48. The lowest BCUT2D eigenvalue weighted by Gasteiger charge is -2.31. The van der Waals surface area contributed by atoms with Gasteiger partial charge in [0.2, 0.25) is 35.4 Å². The number of carbonyl (C=O) groups excluding carboxylic acids is 10. The highest BCUT2D eigenvalue weighted by Gasteiger charge is 2.47. The monoisotopic (exact) mass is 1550 g/mol. The maximum atomic E-state index is 15.6. The van der Waals surface area contributed by atoms with Gasteiger partial charge < -0.3 is 93.7 Å². The molecule has 604 valence electrons. The molecule has 2 fully saturated rings. The normalized spacial score (nSPS) is 18.7. The fourth-order valence-corrected chi connectivity index (χ4v) is 14.2. The number of nitrogens with one attached hydrogen (secondary N) is 6. The SMILES string of the molecule is CC[C@@]1(O)C(=O)OCc2c1cc1n(c2=O)Cc2c-1nc1cc(F)c(C)c3c1c2[C@@H](CC(=O)[C@H](OCNC(=O)CNC(=O)[C@H](Cc1ccccc1)NC(=O)CNC(=O)CNC(=O)COCCOCCOCCOCCOCCOCCOCCOCCOCCNC(=O)C1CCC(CN2C(=O)C=CC2=O)CC1)C1CC1)CC3. The van der Waals surface area contributed by atoms with E-state index < -0.39 is 84.3 Å². The van der Waals surface area contributed by atoms with Crippen LogP contribution in [0.4, 0.5) is 4.39 Å². The largest absolute Gasteiger partial charge is 0.458 e. The van der Waals surface area contributed by atoms with Crippen LogP contribution in [0.5, 0.6) is 0 Å². The van der Waals surface area contributed by atoms with Crippen LogP contribution in [0, 0.1) is 30.5 Å². The number of nitrogens with zero attached hydrogens (tertiary/aromatic N) is 3. The molecule has 33 heteroatoms. The number of amides is 8. The van der Waals surface area contributed by atoms with Crippen molar-refractivity contribution in [3.05, 3.63) is 110 Å². The second-order valence-electron chi connectivity index (χ2n) is 28.0. The van der Waals surface area contributed by atoms with Gasteiger partial charge in [0.15, 0.2) is 11.4 Å². The number of fused-ring (bicyclic) bond motifs is 5. The third kappa shape index (κ3) is 24.1. The average molecular weight is 1550 g/mol. The van der Waals surface area contributed by atoms with Crippen molar-refractivity contribution in [2.75, 3.05) is 158 Å². The number of pyridine rings is 2. The third-order valence-corrected chi connectivity index (χ3v) is 20.4. The number of ether oxygens (including phenoxy) is 11. The van der Waals surface area contributed by atoms with Crippen molar-refractivity contribution in [1.29, 1.82) is 0 Å². The van der Waals surface area contributed by atoms with E-state index in [1.54, 1.807) is 50.2 Å². The van der Waals surface area contributed by atoms with Crippen LogP contribution >= 0.6 is 0 Å². The number of Topliss-reactive ketones (excluding diaryl/α,β-unsaturated/α-hetero) is 1. The number of hydrogen-bond donors (Lipinski definition) is 7. The Morgan fingerprint density at radius 3 is 1.82 bits per heavy atom. The summed E-state index contributed by atoms with van der Waals surface area (Å²) in [6.45, 7) is 7.67. The minimum atomic E-state index is -2.05. The number of esters is 1. The third-order valence-electron chi connectivity index (χ3n) is 20.4. The Kier molecular flexibility index (Phi) is 32.5. The Hall–Kier alpha value is -8.87. The van der Waals surface area contributed by atoms with Gasteiger partial charge in [0.25, 0.3) is 17.4 Å². The fraction of sp³-hybridized carbons (Fsp3) is 0.590. The number of aliphatic hydroxyl groups is 1. The minimum absolute atomic E-state index is 0.00635. The van der Waals surface area contributed by atoms with Crippen molar-refractivity contribution < 1.29 is 110 Å². The highest BCUT2D eigenvalue weighted by atomic mass is 19.1. The molecule has 4 atom stereocenters. The Labute approximate surface area is 641 Å². The molecule has 0 bridgehead atoms. The van der Waals surface area contributed by atoms with Gasteiger partial charge in [0.1, 0.15) is 37.9 Å². The van der Waals surface area contributed by atoms with Gasteiger partial charge in [-0.1, -0.05) is 37.3 Å². The zero-order chi connectivity index (χ0) is 78.7. The number of aryl methyl sites for hydroxylation is 1. The van der Waals surface area contributed by atoms with E-state index in [9.17, 15) is 57.8 Å². The molecule has 32 nitrogen and oxygen atoms in total. The molecule has 8 amide bonds. The first-order valence-electron chi connectivity index (χ1n) is 38.2. The molecule has 6 aliphatic rings. The molecule has 2 aromatic heterocycles. The van der Waals surface area contributed by atoms with E-state index in [1.165, 1.54) is 27.7 Å². The first-order valence-corrected chi connectivity index (χ1v) is 38.2. The summed E-state index contributed by atoms with van der Waals surface area (Å²) in [7, 11) is 0. The van der Waals surface area contributed by atoms with Crippen molar-refractivity contribution in [3.8, 4) is 11.4 Å². The summed E-state index contributed by atoms with van der Waals surface area (Å²) >= 11 is 0. The van der Waals surface area contributed by atoms with Gasteiger partial charge in [0.05, 0.1) is 161 Å². The summed E-state index contributed by atoms with van der Waals surface area (Å²) in [6.07, 6.45) is 7.16. The number of rotatable bonds is 50. The van der Waals surface area contributed by atoms with E-state index in [1.807, 2.05) is 0 Å². The topological polar surface area (TPSA) is 403 Å². The van der Waals surface area contributed by atoms with Crippen LogP contribution in [-0.2, 0) is 132 Å². The predicted octanol–water partition coefficient (Wildman–Crippen LogP) is 1.46. The standard InChI is InChI=1S/C78H102FN9O23/c1-3-78(100)58-39-62-72-56(45-87(62)76(98)57(58)46-110-77(78)99)70-54(15-16-55-49(2)59(79)40-60(86-72)71(55)70)38-63(89)73(52-13-14-52)111-48-84-65(91)42-83-75(97)61(37-50-7-5-4-6-8-50)85-66(92)43-81-64(90)41-82-67(93)47-109-36-35-108-34-33-107-32-31-106-30-29-105-28-27-104-26-25-103-24-23-102-22-21-101-20-19-80-74(96)53-11-9-51(10-12-53)44-88-68(94)17-18-69(88)95/h4-8,17-18,39-40,51-54,61,73,100H,3,9-16,19-38,41-48H2,1-2H3,(H,80,96)(H,81,90)(H,82,93)(H,83,97)(H,84,91)(H,85,92)/t51?,53?,54-,61+,73-,78+/m1/s1. The van der Waals surface area contributed by atoms with E-state index in [0.717, 1.165) is 55.0 Å². The molecule has 3 aliphatic carbocycles. The lowest BCUT2D eigenvalue weighted by Crippen LogP contribution is -2.52. The van der Waals surface area contributed by atoms with E-state index in [-0.39, 0.29) is 124 Å². The van der Waals surface area contributed by atoms with Crippen molar-refractivity contribution in [1.82, 2.24) is 46.4 Å². The molecule has 0 radical (unpaired) electrons. The number of hydrogen-bond acceptors (Lipinski definition) is 24. The molecule has 0 spiro atoms. The van der Waals surface area contributed by atoms with Gasteiger partial charge in [-0.3, -0.25) is 52.8 Å². The Morgan fingerprint density at radius 1 is 0.649 bits per heavy atom. The summed E-state index contributed by atoms with van der Waals surface area (Å²) in [5.41, 5.74) is 2.31. The fourth-order valence-electron chi connectivity index (χ4n) is 14.2. The smallest absolute Gasteiger partial charge is 0.343 e. The molecule has 0 saturated heterocycles. The van der Waals surface area contributed by atoms with E-state index >= 15 is 4.39 Å². The Bertz CT molecular complexity index is 4000. The van der Waals surface area contributed by atoms with Crippen LogP contribution in [-0.4, -0.2) is 249 Å². The van der Waals surface area contributed by atoms with Gasteiger partial charge >= 0.3 is 5.97 Å². The second-order valence-corrected chi connectivity index (χ2v) is 28.0. The molecule has 2 aromatic carbocycles. The number of benzene rings is 2. The zero-order valence-corrected chi connectivity index (χ0v) is 63.0. The lowest BCUT2D eigenvalue weighted by atomic mass is 9.76. The van der Waals surface area contributed by atoms with Crippen molar-refractivity contribution >= 4 is 69.9 Å². The quantitative estimate of drug-likeness (QED) is 0.0125. The van der Waals surface area contributed by atoms with Gasteiger partial charge in [-0.2, -0.15) is 0 Å². The Morgan fingerprint density at radius 2 is 1.22 bits per heavy atom. The molecule has 5 heterocycles. The summed E-state index contributed by atoms with van der Waals surface area (Å²) in [5, 5.41) is 27.7. The van der Waals surface area contributed by atoms with Gasteiger partial charge in [-0.05, 0) is 111 Å². The van der Waals surface area contributed by atoms with Crippen LogP contribution < -0.4 is 37.5 Å². The van der Waals surface area contributed by atoms with Crippen LogP contribution in [0.1, 0.15) is 110 Å². The number of halogens is 1. The molecule has 4 aromatic rings. The highest BCUT2D eigenvalue weighted by molar-refractivity contribution is 6.13. The van der Waals surface area contributed by atoms with Crippen LogP contribution in [0.25, 0.3) is 22.3 Å². The molecular formula is C78H102FN9O23. The van der Waals surface area contributed by atoms with Crippen LogP contribution in [0.2, 0.25) is 0 Å². The molecule has 10 rings (SSSR count). The molecular weight excluding hydrogens is 1450 g/mol. The van der Waals surface area contributed by atoms with Crippen molar-refractivity contribution in [2.24, 2.45) is 17.8 Å². The summed E-state index contributed by atoms with van der Waals surface area (Å²) < 4.78 is 78.0. The summed E-state index contributed by atoms with van der Waals surface area (Å²) in [5.74, 6) is -5.72. The van der Waals surface area contributed by atoms with E-state index in [4.69, 9.17) is 57.1 Å². The maximum Gasteiger partial charge on any atom is 0.343 e. The first kappa shape index (κ1) is 84.6. The Balaban J connectivity index is 0.514. The number of carbonyl (C=O) groups is 10. The molecule has 0 unspecified atom stereocenters. The second kappa shape index (κ2) is 42.7.